The standard InChI is InChI=1S/Ca.2ClH.K.H4O7P2.H/c;;;;1-8(2,3)7-9(4,5)6;/h;2*1H;;(H2,1,2,3)(H2,4,5,6);/q+2;;;;;/p-2. The van der Waals surface area contributed by atoms with Crippen LogP contribution in [0.4, 0.5) is 0 Å². The second-order valence-corrected chi connectivity index (χ2v) is 7.43. The third-order valence-electron chi connectivity index (χ3n) is 0.213. The van der Waals surface area contributed by atoms with Crippen LogP contribution in [0.1, 0.15) is 0 Å². The Hall–Kier alpha value is 3.74. The Morgan fingerprint density at radius 3 is 1.15 bits per heavy atom. The summed E-state index contributed by atoms with van der Waals surface area (Å²) in [6, 6.07) is 0. The average molecular weight is 329 g/mol. The Balaban J connectivity index is -0.000000220. The van der Waals surface area contributed by atoms with Gasteiger partial charge in [-0.25, -0.2) is 9.13 Å². The van der Waals surface area contributed by atoms with E-state index in [9.17, 15) is 9.13 Å². The van der Waals surface area contributed by atoms with E-state index < -0.39 is 46.5 Å². The molecule has 0 aliphatic heterocycles. The Kier molecular flexibility index (Phi) is 18.4. The quantitative estimate of drug-likeness (QED) is 0.399. The van der Waals surface area contributed by atoms with Crippen molar-refractivity contribution < 1.29 is 33.0 Å². The van der Waals surface area contributed by atoms with Gasteiger partial charge in [0.15, 0.2) is 0 Å². The summed E-state index contributed by atoms with van der Waals surface area (Å²) >= 11 is -0.931. The van der Waals surface area contributed by atoms with E-state index in [4.69, 9.17) is 32.4 Å². The van der Waals surface area contributed by atoms with Crippen LogP contribution in [0.25, 0.3) is 0 Å². The van der Waals surface area contributed by atoms with Crippen molar-refractivity contribution in [2.24, 2.45) is 0 Å². The van der Waals surface area contributed by atoms with E-state index in [-0.39, 0.29) is 51.4 Å². The molecule has 74 valence electrons. The number of halogens is 2. The molecule has 0 aliphatic carbocycles. The predicted molar refractivity (Wildman–Crippen MR) is 49.8 cm³/mol. The van der Waals surface area contributed by atoms with Crippen LogP contribution < -0.4 is 0 Å². The van der Waals surface area contributed by atoms with Crippen molar-refractivity contribution in [3.8, 4) is 0 Å². The van der Waals surface area contributed by atoms with E-state index >= 15 is 0 Å². The van der Waals surface area contributed by atoms with Gasteiger partial charge in [-0.1, -0.05) is 0 Å². The number of phosphoric acid groups is 2. The molecule has 0 bridgehead atoms. The molecule has 4 N–H and O–H groups in total. The summed E-state index contributed by atoms with van der Waals surface area (Å²) in [6.07, 6.45) is 9.90. The van der Waals surface area contributed by atoms with Crippen molar-refractivity contribution in [3.63, 3.8) is 0 Å². The van der Waals surface area contributed by atoms with Crippen molar-refractivity contribution >= 4 is 111 Å². The van der Waals surface area contributed by atoms with E-state index in [1.54, 1.807) is 0 Å². The van der Waals surface area contributed by atoms with Crippen molar-refractivity contribution in [2.45, 2.75) is 0 Å². The first-order chi connectivity index (χ1) is 5.12. The van der Waals surface area contributed by atoms with Crippen LogP contribution in [-0.2, 0) is 13.4 Å². The van der Waals surface area contributed by atoms with Gasteiger partial charge in [0.1, 0.15) is 0 Å². The molecule has 0 amide bonds. The molecule has 0 aromatic heterocycles. The van der Waals surface area contributed by atoms with Gasteiger partial charge >= 0.3 is 111 Å². The maximum absolute atomic E-state index is 9.63. The first kappa shape index (κ1) is 22.0. The zero-order chi connectivity index (χ0) is 10.4. The minimum absolute atomic E-state index is 0. The van der Waals surface area contributed by atoms with Crippen molar-refractivity contribution in [3.05, 3.63) is 0 Å². The fourth-order valence-corrected chi connectivity index (χ4v) is 1.25. The Bertz CT molecular complexity index is 177. The van der Waals surface area contributed by atoms with Gasteiger partial charge in [0.05, 0.1) is 0 Å². The topological polar surface area (TPSA) is 124 Å². The van der Waals surface area contributed by atoms with E-state index in [1.165, 1.54) is 0 Å². The fourth-order valence-electron chi connectivity index (χ4n) is 0.139. The minimum atomic E-state index is -5.05. The van der Waals surface area contributed by atoms with Gasteiger partial charge in [-0.15, -0.1) is 0 Å². The Labute approximate surface area is 140 Å². The van der Waals surface area contributed by atoms with Gasteiger partial charge in [0.25, 0.3) is 0 Å². The van der Waals surface area contributed by atoms with Gasteiger partial charge in [-0.2, -0.15) is 4.31 Å². The molecule has 0 rings (SSSR count). The molecule has 7 nitrogen and oxygen atoms in total. The number of rotatable bonds is 2. The van der Waals surface area contributed by atoms with Gasteiger partial charge < -0.3 is 19.6 Å². The summed E-state index contributed by atoms with van der Waals surface area (Å²) in [6.45, 7) is 0. The predicted octanol–water partition coefficient (Wildman–Crippen LogP) is -0.462. The van der Waals surface area contributed by atoms with Crippen molar-refractivity contribution in [1.29, 1.82) is 0 Å². The van der Waals surface area contributed by atoms with E-state index in [2.05, 4.69) is 4.31 Å². The van der Waals surface area contributed by atoms with Crippen LogP contribution in [0.2, 0.25) is 0 Å². The molecule has 0 fully saturated rings. The molecular weight excluding hydrogens is 324 g/mol. The van der Waals surface area contributed by atoms with Crippen LogP contribution in [0.3, 0.4) is 0 Å². The molecule has 0 heterocycles. The SMILES string of the molecule is O=P(O)(O)OP(=O)(O)O.[Cl][Ca][Cl].[KH]. The third-order valence-corrected chi connectivity index (χ3v) is 1.91. The molecule has 13 heteroatoms. The second kappa shape index (κ2) is 10.9. The average Bonchev–Trinajstić information content (AvgIpc) is 1.53. The summed E-state index contributed by atoms with van der Waals surface area (Å²) in [5.74, 6) is 0. The normalized spacial score (nSPS) is 10.3. The van der Waals surface area contributed by atoms with Crippen molar-refractivity contribution in [2.75, 3.05) is 0 Å². The molecule has 0 spiro atoms. The molecule has 0 atom stereocenters. The summed E-state index contributed by atoms with van der Waals surface area (Å²) in [5, 5.41) is 0. The zero-order valence-electron chi connectivity index (χ0n) is 5.37. The third kappa shape index (κ3) is 31.3. The first-order valence-corrected chi connectivity index (χ1v) is 11.2. The molecule has 13 heavy (non-hydrogen) atoms. The van der Waals surface area contributed by atoms with Crippen LogP contribution in [-0.4, -0.2) is 102 Å². The second-order valence-electron chi connectivity index (χ2n) is 1.16. The van der Waals surface area contributed by atoms with Crippen LogP contribution in [0.5, 0.6) is 0 Å². The maximum atomic E-state index is 9.63. The van der Waals surface area contributed by atoms with Crippen LogP contribution >= 0.6 is 28.4 Å². The molecule has 0 aliphatic rings. The van der Waals surface area contributed by atoms with Crippen LogP contribution in [0, 0.1) is 0 Å². The summed E-state index contributed by atoms with van der Waals surface area (Å²) in [5.41, 5.74) is 0. The molecule has 0 radical (unpaired) electrons. The summed E-state index contributed by atoms with van der Waals surface area (Å²) in [4.78, 5) is 31.0. The van der Waals surface area contributed by atoms with Gasteiger partial charge in [-0.05, 0) is 0 Å². The van der Waals surface area contributed by atoms with Gasteiger partial charge in [-0.3, -0.25) is 0 Å². The van der Waals surface area contributed by atoms with Crippen LogP contribution in [0.15, 0.2) is 0 Å². The molecule has 0 aromatic rings. The van der Waals surface area contributed by atoms with Gasteiger partial charge in [0, 0.05) is 0 Å². The number of hydrogen-bond donors (Lipinski definition) is 4. The summed E-state index contributed by atoms with van der Waals surface area (Å²) < 4.78 is 22.2. The molecular formula is H5CaCl2KO7P2. The monoisotopic (exact) mass is 328 g/mol. The summed E-state index contributed by atoms with van der Waals surface area (Å²) in [7, 11) is -10.1. The van der Waals surface area contributed by atoms with Crippen molar-refractivity contribution in [1.82, 2.24) is 0 Å². The molecule has 0 saturated carbocycles. The molecule has 0 aromatic carbocycles. The fraction of sp³-hybridized carbons (Fsp3) is 0. The molecule has 0 unspecified atom stereocenters. The number of hydrogen-bond acceptors (Lipinski definition) is 3. The van der Waals surface area contributed by atoms with Gasteiger partial charge in [0.2, 0.25) is 0 Å². The zero-order valence-corrected chi connectivity index (χ0v) is 10.9. The Morgan fingerprint density at radius 2 is 1.15 bits per heavy atom. The molecule has 0 saturated heterocycles. The van der Waals surface area contributed by atoms with E-state index in [1.807, 2.05) is 0 Å². The first-order valence-electron chi connectivity index (χ1n) is 2.06. The van der Waals surface area contributed by atoms with E-state index in [0.717, 1.165) is 0 Å². The Morgan fingerprint density at radius 1 is 1.00 bits per heavy atom. The van der Waals surface area contributed by atoms with E-state index in [0.29, 0.717) is 0 Å².